The second-order valence-corrected chi connectivity index (χ2v) is 7.09. The number of nitrogens with one attached hydrogen (secondary N) is 1. The molecule has 0 aliphatic carbocycles. The van der Waals surface area contributed by atoms with Crippen molar-refractivity contribution >= 4 is 23.2 Å². The number of aryl methyl sites for hydroxylation is 1. The number of benzene rings is 2. The molecule has 7 heteroatoms. The number of halogens is 3. The molecule has 0 saturated heterocycles. The number of alkyl halides is 3. The molecule has 1 aliphatic rings. The van der Waals surface area contributed by atoms with Crippen LogP contribution in [0.3, 0.4) is 0 Å². The summed E-state index contributed by atoms with van der Waals surface area (Å²) in [4.78, 5) is 26.6. The maximum atomic E-state index is 13.2. The lowest BCUT2D eigenvalue weighted by Crippen LogP contribution is -2.38. The van der Waals surface area contributed by atoms with Crippen LogP contribution in [0.4, 0.5) is 24.5 Å². The lowest BCUT2D eigenvalue weighted by Gasteiger charge is -2.31. The minimum atomic E-state index is -4.62. The minimum absolute atomic E-state index is 0.0214. The van der Waals surface area contributed by atoms with E-state index in [2.05, 4.69) is 5.32 Å². The molecule has 1 aliphatic heterocycles. The quantitative estimate of drug-likeness (QED) is 0.811. The van der Waals surface area contributed by atoms with E-state index in [-0.39, 0.29) is 11.8 Å². The maximum Gasteiger partial charge on any atom is 0.417 e. The first-order chi connectivity index (χ1) is 13.2. The average molecular weight is 390 g/mol. The van der Waals surface area contributed by atoms with Gasteiger partial charge in [-0.2, -0.15) is 13.2 Å². The molecule has 0 fully saturated rings. The van der Waals surface area contributed by atoms with E-state index < -0.39 is 23.2 Å². The van der Waals surface area contributed by atoms with E-state index in [0.29, 0.717) is 17.9 Å². The van der Waals surface area contributed by atoms with Gasteiger partial charge in [0.1, 0.15) is 0 Å². The molecule has 0 bridgehead atoms. The van der Waals surface area contributed by atoms with Crippen LogP contribution in [0.15, 0.2) is 42.5 Å². The summed E-state index contributed by atoms with van der Waals surface area (Å²) in [6.07, 6.45) is -2.97. The van der Waals surface area contributed by atoms with Gasteiger partial charge in [-0.15, -0.1) is 0 Å². The molecular formula is C21H21F3N2O2. The third kappa shape index (κ3) is 4.03. The first-order valence-electron chi connectivity index (χ1n) is 9.10. The highest BCUT2D eigenvalue weighted by atomic mass is 19.4. The van der Waals surface area contributed by atoms with Crippen LogP contribution in [-0.2, 0) is 17.4 Å². The molecular weight excluding hydrogens is 369 g/mol. The predicted molar refractivity (Wildman–Crippen MR) is 101 cm³/mol. The number of fused-ring (bicyclic) bond motifs is 1. The van der Waals surface area contributed by atoms with Gasteiger partial charge in [-0.25, -0.2) is 0 Å². The summed E-state index contributed by atoms with van der Waals surface area (Å²) < 4.78 is 39.5. The van der Waals surface area contributed by atoms with E-state index in [1.165, 1.54) is 12.1 Å². The van der Waals surface area contributed by atoms with Crippen LogP contribution >= 0.6 is 0 Å². The topological polar surface area (TPSA) is 49.4 Å². The first-order valence-corrected chi connectivity index (χ1v) is 9.10. The van der Waals surface area contributed by atoms with Crippen molar-refractivity contribution in [2.45, 2.75) is 32.9 Å². The van der Waals surface area contributed by atoms with Gasteiger partial charge in [0.05, 0.1) is 11.1 Å². The van der Waals surface area contributed by atoms with E-state index in [1.807, 2.05) is 13.8 Å². The van der Waals surface area contributed by atoms with Crippen molar-refractivity contribution in [3.8, 4) is 0 Å². The molecule has 0 radical (unpaired) electrons. The summed E-state index contributed by atoms with van der Waals surface area (Å²) in [5.74, 6) is -1.04. The van der Waals surface area contributed by atoms with E-state index in [0.717, 1.165) is 30.5 Å². The zero-order valence-electron chi connectivity index (χ0n) is 15.6. The van der Waals surface area contributed by atoms with Gasteiger partial charge in [0.15, 0.2) is 0 Å². The number of hydrogen-bond acceptors (Lipinski definition) is 2. The Balaban J connectivity index is 1.90. The Kier molecular flexibility index (Phi) is 5.45. The first kappa shape index (κ1) is 19.9. The highest BCUT2D eigenvalue weighted by molar-refractivity contribution is 6.06. The molecule has 1 N–H and O–H groups in total. The number of anilines is 2. The number of nitrogens with zero attached hydrogens (tertiary/aromatic N) is 1. The maximum absolute atomic E-state index is 13.2. The fourth-order valence-corrected chi connectivity index (χ4v) is 3.32. The summed E-state index contributed by atoms with van der Waals surface area (Å²) in [5, 5.41) is 2.53. The number of hydrogen-bond donors (Lipinski definition) is 1. The second-order valence-electron chi connectivity index (χ2n) is 7.09. The number of carbonyl (C=O) groups is 2. The molecule has 2 aromatic carbocycles. The average Bonchev–Trinajstić information content (AvgIpc) is 2.66. The highest BCUT2D eigenvalue weighted by Crippen LogP contribution is 2.34. The van der Waals surface area contributed by atoms with Crippen LogP contribution < -0.4 is 10.2 Å². The Labute approximate surface area is 161 Å². The van der Waals surface area contributed by atoms with Crippen molar-refractivity contribution in [2.75, 3.05) is 16.8 Å². The van der Waals surface area contributed by atoms with E-state index in [9.17, 15) is 22.8 Å². The highest BCUT2D eigenvalue weighted by Gasteiger charge is 2.35. The van der Waals surface area contributed by atoms with Crippen molar-refractivity contribution in [3.63, 3.8) is 0 Å². The SMILES string of the molecule is CC(C)C(=O)N1CCCc2ccc(NC(=O)c3ccccc3C(F)(F)F)cc21. The van der Waals surface area contributed by atoms with Gasteiger partial charge in [0.2, 0.25) is 5.91 Å². The number of rotatable bonds is 3. The summed E-state index contributed by atoms with van der Waals surface area (Å²) in [7, 11) is 0. The third-order valence-electron chi connectivity index (χ3n) is 4.70. The van der Waals surface area contributed by atoms with Crippen LogP contribution in [-0.4, -0.2) is 18.4 Å². The Morgan fingerprint density at radius 1 is 1.11 bits per heavy atom. The van der Waals surface area contributed by atoms with Crippen molar-refractivity contribution in [3.05, 3.63) is 59.2 Å². The van der Waals surface area contributed by atoms with Crippen molar-refractivity contribution in [1.82, 2.24) is 0 Å². The Bertz CT molecular complexity index is 907. The predicted octanol–water partition coefficient (Wildman–Crippen LogP) is 4.89. The third-order valence-corrected chi connectivity index (χ3v) is 4.70. The molecule has 0 unspecified atom stereocenters. The summed E-state index contributed by atoms with van der Waals surface area (Å²) in [6, 6.07) is 9.77. The van der Waals surface area contributed by atoms with Gasteiger partial charge in [0.25, 0.3) is 5.91 Å². The molecule has 4 nitrogen and oxygen atoms in total. The van der Waals surface area contributed by atoms with Gasteiger partial charge < -0.3 is 10.2 Å². The zero-order valence-corrected chi connectivity index (χ0v) is 15.6. The Morgan fingerprint density at radius 2 is 1.82 bits per heavy atom. The summed E-state index contributed by atoms with van der Waals surface area (Å²) in [6.45, 7) is 4.21. The minimum Gasteiger partial charge on any atom is -0.322 e. The van der Waals surface area contributed by atoms with E-state index in [4.69, 9.17) is 0 Å². The van der Waals surface area contributed by atoms with Crippen molar-refractivity contribution < 1.29 is 22.8 Å². The molecule has 3 rings (SSSR count). The fourth-order valence-electron chi connectivity index (χ4n) is 3.32. The van der Waals surface area contributed by atoms with Crippen molar-refractivity contribution in [2.24, 2.45) is 5.92 Å². The van der Waals surface area contributed by atoms with Crippen LogP contribution in [0, 0.1) is 5.92 Å². The largest absolute Gasteiger partial charge is 0.417 e. The standard InChI is InChI=1S/C21H21F3N2O2/c1-13(2)20(28)26-11-5-6-14-9-10-15(12-18(14)26)25-19(27)16-7-3-4-8-17(16)21(22,23)24/h3-4,7-10,12-13H,5-6,11H2,1-2H3,(H,25,27). The Morgan fingerprint density at radius 3 is 2.50 bits per heavy atom. The van der Waals surface area contributed by atoms with E-state index >= 15 is 0 Å². The van der Waals surface area contributed by atoms with Crippen LogP contribution in [0.5, 0.6) is 0 Å². The smallest absolute Gasteiger partial charge is 0.322 e. The molecule has 0 aromatic heterocycles. The molecule has 0 spiro atoms. The molecule has 148 valence electrons. The lowest BCUT2D eigenvalue weighted by atomic mass is 9.99. The summed E-state index contributed by atoms with van der Waals surface area (Å²) >= 11 is 0. The molecule has 2 amide bonds. The zero-order chi connectivity index (χ0) is 20.5. The molecule has 2 aromatic rings. The molecule has 0 saturated carbocycles. The lowest BCUT2D eigenvalue weighted by molar-refractivity contribution is -0.137. The van der Waals surface area contributed by atoms with Gasteiger partial charge in [-0.05, 0) is 42.7 Å². The van der Waals surface area contributed by atoms with Gasteiger partial charge >= 0.3 is 6.18 Å². The van der Waals surface area contributed by atoms with Gasteiger partial charge in [-0.1, -0.05) is 32.0 Å². The Hall–Kier alpha value is -2.83. The molecule has 28 heavy (non-hydrogen) atoms. The molecule has 0 atom stereocenters. The number of carbonyl (C=O) groups excluding carboxylic acids is 2. The van der Waals surface area contributed by atoms with E-state index in [1.54, 1.807) is 23.1 Å². The molecule has 1 heterocycles. The fraction of sp³-hybridized carbons (Fsp3) is 0.333. The van der Waals surface area contributed by atoms with Crippen molar-refractivity contribution in [1.29, 1.82) is 0 Å². The van der Waals surface area contributed by atoms with Crippen LogP contribution in [0.2, 0.25) is 0 Å². The monoisotopic (exact) mass is 390 g/mol. The normalized spacial score (nSPS) is 14.0. The number of amides is 2. The summed E-state index contributed by atoms with van der Waals surface area (Å²) in [5.41, 5.74) is 0.606. The second kappa shape index (κ2) is 7.66. The van der Waals surface area contributed by atoms with Crippen LogP contribution in [0.1, 0.15) is 41.8 Å². The van der Waals surface area contributed by atoms with Gasteiger partial charge in [-0.3, -0.25) is 9.59 Å². The van der Waals surface area contributed by atoms with Crippen LogP contribution in [0.25, 0.3) is 0 Å². The van der Waals surface area contributed by atoms with Gasteiger partial charge in [0, 0.05) is 23.8 Å².